The lowest BCUT2D eigenvalue weighted by Crippen LogP contribution is -1.81. The lowest BCUT2D eigenvalue weighted by molar-refractivity contribution is 1.08. The van der Waals surface area contributed by atoms with E-state index in [0.717, 1.165) is 22.4 Å². The average molecular weight is 209 g/mol. The molecule has 3 nitrogen and oxygen atoms in total. The molecule has 0 aliphatic heterocycles. The van der Waals surface area contributed by atoms with Crippen LogP contribution in [0.5, 0.6) is 0 Å². The van der Waals surface area contributed by atoms with E-state index in [0.29, 0.717) is 0 Å². The second-order valence-corrected chi connectivity index (χ2v) is 3.40. The van der Waals surface area contributed by atoms with Crippen LogP contribution in [0.1, 0.15) is 22.4 Å². The van der Waals surface area contributed by atoms with Gasteiger partial charge in [-0.1, -0.05) is 18.4 Å². The van der Waals surface area contributed by atoms with Crippen molar-refractivity contribution < 1.29 is 0 Å². The van der Waals surface area contributed by atoms with Crippen molar-refractivity contribution in [3.63, 3.8) is 0 Å². The van der Waals surface area contributed by atoms with E-state index < -0.39 is 0 Å². The number of H-pyrrole nitrogens is 1. The van der Waals surface area contributed by atoms with Crippen LogP contribution < -0.4 is 0 Å². The van der Waals surface area contributed by atoms with Crippen LogP contribution in [0.4, 0.5) is 0 Å². The van der Waals surface area contributed by atoms with E-state index in [2.05, 4.69) is 33.6 Å². The molecule has 0 fully saturated rings. The second kappa shape index (κ2) is 4.45. The number of hydrogen-bond donors (Lipinski definition) is 1. The van der Waals surface area contributed by atoms with Gasteiger partial charge in [0.2, 0.25) is 0 Å². The van der Waals surface area contributed by atoms with Gasteiger partial charge in [0, 0.05) is 18.0 Å². The molecule has 0 saturated carbocycles. The molecule has 78 valence electrons. The first-order valence-corrected chi connectivity index (χ1v) is 4.89. The Balaban J connectivity index is 2.32. The molecule has 3 heteroatoms. The molecule has 2 heterocycles. The quantitative estimate of drug-likeness (QED) is 0.731. The van der Waals surface area contributed by atoms with Crippen molar-refractivity contribution in [3.05, 3.63) is 53.6 Å². The van der Waals surface area contributed by atoms with Gasteiger partial charge in [-0.25, -0.2) is 0 Å². The summed E-state index contributed by atoms with van der Waals surface area (Å²) in [6.07, 6.45) is 6.94. The number of aromatic nitrogens is 3. The van der Waals surface area contributed by atoms with Crippen LogP contribution in [0.15, 0.2) is 31.2 Å². The van der Waals surface area contributed by atoms with Crippen LogP contribution in [0.3, 0.4) is 0 Å². The molecule has 2 aromatic heterocycles. The van der Waals surface area contributed by atoms with Gasteiger partial charge in [0.05, 0.1) is 17.5 Å². The molecule has 1 N–H and O–H groups in total. The Morgan fingerprint density at radius 1 is 1.31 bits per heavy atom. The van der Waals surface area contributed by atoms with Crippen molar-refractivity contribution in [2.75, 3.05) is 0 Å². The number of rotatable bonds is 1. The second-order valence-electron chi connectivity index (χ2n) is 3.40. The first-order valence-electron chi connectivity index (χ1n) is 4.89. The Bertz CT molecular complexity index is 570. The van der Waals surface area contributed by atoms with Crippen molar-refractivity contribution >= 4 is 6.08 Å². The minimum absolute atomic E-state index is 0.841. The molecule has 0 aromatic carbocycles. The third-order valence-electron chi connectivity index (χ3n) is 2.09. The number of nitrogens with zero attached hydrogens (tertiary/aromatic N) is 2. The monoisotopic (exact) mass is 209 g/mol. The number of nitrogens with one attached hydrogen (secondary N) is 1. The molecule has 0 radical (unpaired) electrons. The van der Waals surface area contributed by atoms with Gasteiger partial charge in [0.1, 0.15) is 0 Å². The molecular weight excluding hydrogens is 198 g/mol. The summed E-state index contributed by atoms with van der Waals surface area (Å²) in [4.78, 5) is 4.08. The van der Waals surface area contributed by atoms with Gasteiger partial charge in [-0.2, -0.15) is 5.10 Å². The number of hydrogen-bond acceptors (Lipinski definition) is 2. The highest BCUT2D eigenvalue weighted by Crippen LogP contribution is 2.04. The van der Waals surface area contributed by atoms with Gasteiger partial charge in [0.25, 0.3) is 0 Å². The van der Waals surface area contributed by atoms with Crippen LogP contribution in [-0.4, -0.2) is 15.2 Å². The van der Waals surface area contributed by atoms with Crippen LogP contribution in [-0.2, 0) is 0 Å². The molecule has 0 unspecified atom stereocenters. The largest absolute Gasteiger partial charge is 0.277 e. The molecule has 2 rings (SSSR count). The zero-order chi connectivity index (χ0) is 11.4. The molecule has 16 heavy (non-hydrogen) atoms. The predicted molar refractivity (Wildman–Crippen MR) is 63.6 cm³/mol. The van der Waals surface area contributed by atoms with E-state index in [4.69, 9.17) is 0 Å². The summed E-state index contributed by atoms with van der Waals surface area (Å²) in [5.41, 5.74) is 3.68. The molecule has 0 atom stereocenters. The zero-order valence-electron chi connectivity index (χ0n) is 8.99. The van der Waals surface area contributed by atoms with E-state index in [-0.39, 0.29) is 0 Å². The Morgan fingerprint density at radius 2 is 2.19 bits per heavy atom. The minimum atomic E-state index is 0.841. The molecule has 2 aromatic rings. The van der Waals surface area contributed by atoms with Crippen molar-refractivity contribution in [2.45, 2.75) is 6.92 Å². The maximum Gasteiger partial charge on any atom is 0.0728 e. The molecule has 0 aliphatic rings. The van der Waals surface area contributed by atoms with Crippen molar-refractivity contribution in [1.82, 2.24) is 15.2 Å². The maximum absolute atomic E-state index is 4.08. The zero-order valence-corrected chi connectivity index (χ0v) is 8.99. The van der Waals surface area contributed by atoms with E-state index in [1.807, 2.05) is 13.0 Å². The third kappa shape index (κ3) is 2.18. The Hall–Kier alpha value is -2.34. The Kier molecular flexibility index (Phi) is 2.84. The Morgan fingerprint density at radius 3 is 2.94 bits per heavy atom. The fourth-order valence-corrected chi connectivity index (χ4v) is 1.31. The number of pyridine rings is 1. The lowest BCUT2D eigenvalue weighted by Gasteiger charge is -1.91. The van der Waals surface area contributed by atoms with E-state index in [1.165, 1.54) is 0 Å². The summed E-state index contributed by atoms with van der Waals surface area (Å²) in [5.74, 6) is 6.08. The van der Waals surface area contributed by atoms with Gasteiger partial charge in [0.15, 0.2) is 0 Å². The molecular formula is C13H11N3. The topological polar surface area (TPSA) is 41.6 Å². The van der Waals surface area contributed by atoms with Gasteiger partial charge >= 0.3 is 0 Å². The minimum Gasteiger partial charge on any atom is -0.277 e. The maximum atomic E-state index is 4.08. The summed E-state index contributed by atoms with van der Waals surface area (Å²) in [6.45, 7) is 5.67. The molecule has 0 amide bonds. The van der Waals surface area contributed by atoms with Crippen molar-refractivity contribution in [2.24, 2.45) is 0 Å². The summed E-state index contributed by atoms with van der Waals surface area (Å²) >= 11 is 0. The van der Waals surface area contributed by atoms with Crippen LogP contribution in [0, 0.1) is 18.8 Å². The summed E-state index contributed by atoms with van der Waals surface area (Å²) in [7, 11) is 0. The molecule has 0 bridgehead atoms. The summed E-state index contributed by atoms with van der Waals surface area (Å²) in [6, 6.07) is 1.99. The fraction of sp³-hybridized carbons (Fsp3) is 0.0769. The van der Waals surface area contributed by atoms with Gasteiger partial charge in [-0.3, -0.25) is 10.1 Å². The highest BCUT2D eigenvalue weighted by atomic mass is 15.1. The van der Waals surface area contributed by atoms with E-state index >= 15 is 0 Å². The van der Waals surface area contributed by atoms with Gasteiger partial charge < -0.3 is 0 Å². The van der Waals surface area contributed by atoms with E-state index in [1.54, 1.807) is 24.7 Å². The van der Waals surface area contributed by atoms with Crippen molar-refractivity contribution in [1.29, 1.82) is 0 Å². The first-order chi connectivity index (χ1) is 7.79. The first kappa shape index (κ1) is 10.2. The highest BCUT2D eigenvalue weighted by molar-refractivity contribution is 5.54. The number of aryl methyl sites for hydroxylation is 1. The molecule has 0 aliphatic carbocycles. The van der Waals surface area contributed by atoms with Crippen LogP contribution in [0.2, 0.25) is 0 Å². The third-order valence-corrected chi connectivity index (χ3v) is 2.09. The van der Waals surface area contributed by atoms with Crippen molar-refractivity contribution in [3.8, 4) is 11.8 Å². The smallest absolute Gasteiger partial charge is 0.0728 e. The van der Waals surface area contributed by atoms with Crippen LogP contribution in [0.25, 0.3) is 6.08 Å². The van der Waals surface area contributed by atoms with Gasteiger partial charge in [-0.05, 0) is 24.6 Å². The van der Waals surface area contributed by atoms with Gasteiger partial charge in [-0.15, -0.1) is 0 Å². The summed E-state index contributed by atoms with van der Waals surface area (Å²) < 4.78 is 0. The highest BCUT2D eigenvalue weighted by Gasteiger charge is 1.96. The predicted octanol–water partition coefficient (Wildman–Crippen LogP) is 2.16. The lowest BCUT2D eigenvalue weighted by atomic mass is 10.2. The molecule has 0 spiro atoms. The SMILES string of the molecule is C=Cc1[nH]ncc1C#Cc1cncc(C)c1. The molecule has 0 saturated heterocycles. The fourth-order valence-electron chi connectivity index (χ4n) is 1.31. The standard InChI is InChI=1S/C13H11N3/c1-3-13-12(9-15-16-13)5-4-11-6-10(2)7-14-8-11/h3,6-9H,1H2,2H3,(H,15,16). The normalized spacial score (nSPS) is 9.31. The van der Waals surface area contributed by atoms with E-state index in [9.17, 15) is 0 Å². The average Bonchev–Trinajstić information content (AvgIpc) is 2.74. The Labute approximate surface area is 94.2 Å². The summed E-state index contributed by atoms with van der Waals surface area (Å²) in [5, 5.41) is 6.73. The number of aromatic amines is 1. The van der Waals surface area contributed by atoms with Crippen LogP contribution >= 0.6 is 0 Å².